The minimum Gasteiger partial charge on any atom is -0.372 e. The summed E-state index contributed by atoms with van der Waals surface area (Å²) in [5.74, 6) is 0.780. The molecule has 0 saturated carbocycles. The summed E-state index contributed by atoms with van der Waals surface area (Å²) in [7, 11) is -3.37. The van der Waals surface area contributed by atoms with E-state index in [2.05, 4.69) is 11.8 Å². The summed E-state index contributed by atoms with van der Waals surface area (Å²) < 4.78 is 28.5. The Bertz CT molecular complexity index is 805. The van der Waals surface area contributed by atoms with Crippen LogP contribution in [0.25, 0.3) is 0 Å². The Balaban J connectivity index is 1.33. The topological polar surface area (TPSA) is 64.2 Å². The van der Waals surface area contributed by atoms with Crippen molar-refractivity contribution in [3.05, 3.63) is 29.8 Å². The number of piperidine rings is 1. The summed E-state index contributed by atoms with van der Waals surface area (Å²) >= 11 is 0. The van der Waals surface area contributed by atoms with Gasteiger partial charge in [-0.05, 0) is 55.9 Å². The molecule has 29 heavy (non-hydrogen) atoms. The van der Waals surface area contributed by atoms with E-state index in [1.54, 1.807) is 9.21 Å². The van der Waals surface area contributed by atoms with Crippen LogP contribution in [0.15, 0.2) is 24.3 Å². The zero-order valence-electron chi connectivity index (χ0n) is 17.3. The number of piperazine rings is 1. The smallest absolute Gasteiger partial charge is 0.282 e. The molecule has 8 heteroatoms. The quantitative estimate of drug-likeness (QED) is 0.748. The first-order valence-corrected chi connectivity index (χ1v) is 12.2. The average molecular weight is 421 g/mol. The number of amides is 1. The summed E-state index contributed by atoms with van der Waals surface area (Å²) in [6.07, 6.45) is 4.30. The molecule has 0 aromatic heterocycles. The Kier molecular flexibility index (Phi) is 6.13. The molecule has 0 spiro atoms. The van der Waals surface area contributed by atoms with E-state index in [-0.39, 0.29) is 5.91 Å². The lowest BCUT2D eigenvalue weighted by molar-refractivity contribution is 0.0694. The van der Waals surface area contributed by atoms with Gasteiger partial charge in [0.05, 0.1) is 0 Å². The van der Waals surface area contributed by atoms with Gasteiger partial charge in [-0.2, -0.15) is 17.0 Å². The molecule has 0 radical (unpaired) electrons. The monoisotopic (exact) mass is 420 g/mol. The van der Waals surface area contributed by atoms with E-state index in [1.807, 2.05) is 24.3 Å². The van der Waals surface area contributed by atoms with Crippen LogP contribution in [0.2, 0.25) is 0 Å². The fourth-order valence-electron chi connectivity index (χ4n) is 4.47. The minimum atomic E-state index is -3.37. The SMILES string of the molecule is CC1CCN(c2ccc(C(=O)N3CCN(S(=O)(=O)N4CCCC4)CC3)cc2)CC1. The highest BCUT2D eigenvalue weighted by Crippen LogP contribution is 2.24. The lowest BCUT2D eigenvalue weighted by Gasteiger charge is -2.36. The predicted octanol–water partition coefficient (Wildman–Crippen LogP) is 2.02. The van der Waals surface area contributed by atoms with E-state index in [9.17, 15) is 13.2 Å². The molecule has 4 rings (SSSR count). The molecule has 160 valence electrons. The standard InChI is InChI=1S/C21H32N4O3S/c1-18-8-12-22(13-9-18)20-6-4-19(5-7-20)21(26)23-14-16-25(17-15-23)29(27,28)24-10-2-3-11-24/h4-7,18H,2-3,8-17H2,1H3. The van der Waals surface area contributed by atoms with Crippen LogP contribution in [-0.2, 0) is 10.2 Å². The van der Waals surface area contributed by atoms with Gasteiger partial charge in [-0.25, -0.2) is 0 Å². The van der Waals surface area contributed by atoms with Crippen LogP contribution < -0.4 is 4.90 Å². The van der Waals surface area contributed by atoms with Gasteiger partial charge in [0.1, 0.15) is 0 Å². The summed E-state index contributed by atoms with van der Waals surface area (Å²) in [5.41, 5.74) is 1.85. The maximum Gasteiger partial charge on any atom is 0.282 e. The van der Waals surface area contributed by atoms with Crippen molar-refractivity contribution < 1.29 is 13.2 Å². The van der Waals surface area contributed by atoms with Crippen molar-refractivity contribution in [1.29, 1.82) is 0 Å². The number of hydrogen-bond acceptors (Lipinski definition) is 4. The van der Waals surface area contributed by atoms with E-state index < -0.39 is 10.2 Å². The highest BCUT2D eigenvalue weighted by atomic mass is 32.2. The maximum atomic E-state index is 12.9. The first kappa shape index (κ1) is 20.6. The highest BCUT2D eigenvalue weighted by Gasteiger charge is 2.34. The third kappa shape index (κ3) is 4.44. The average Bonchev–Trinajstić information content (AvgIpc) is 3.30. The van der Waals surface area contributed by atoms with Gasteiger partial charge in [0, 0.05) is 63.6 Å². The molecule has 0 unspecified atom stereocenters. The van der Waals surface area contributed by atoms with Gasteiger partial charge < -0.3 is 9.80 Å². The van der Waals surface area contributed by atoms with Crippen LogP contribution in [0.4, 0.5) is 5.69 Å². The Labute approximate surface area is 174 Å². The van der Waals surface area contributed by atoms with E-state index in [1.165, 1.54) is 22.8 Å². The summed E-state index contributed by atoms with van der Waals surface area (Å²) in [6.45, 7) is 7.30. The molecule has 3 heterocycles. The number of benzene rings is 1. The predicted molar refractivity (Wildman–Crippen MR) is 114 cm³/mol. The molecule has 0 aliphatic carbocycles. The molecule has 1 amide bonds. The fraction of sp³-hybridized carbons (Fsp3) is 0.667. The van der Waals surface area contributed by atoms with E-state index >= 15 is 0 Å². The number of nitrogens with zero attached hydrogens (tertiary/aromatic N) is 4. The Morgan fingerprint density at radius 1 is 0.828 bits per heavy atom. The molecule has 3 aliphatic heterocycles. The molecule has 3 fully saturated rings. The second kappa shape index (κ2) is 8.62. The summed E-state index contributed by atoms with van der Waals surface area (Å²) in [5, 5.41) is 0. The van der Waals surface area contributed by atoms with Gasteiger partial charge in [0.15, 0.2) is 0 Å². The second-order valence-electron chi connectivity index (χ2n) is 8.52. The molecule has 7 nitrogen and oxygen atoms in total. The number of hydrogen-bond donors (Lipinski definition) is 0. The maximum absolute atomic E-state index is 12.9. The van der Waals surface area contributed by atoms with Crippen molar-refractivity contribution in [1.82, 2.24) is 13.5 Å². The zero-order valence-corrected chi connectivity index (χ0v) is 18.1. The normalized spacial score (nSPS) is 22.9. The molecule has 3 aliphatic rings. The van der Waals surface area contributed by atoms with Crippen LogP contribution in [0.5, 0.6) is 0 Å². The van der Waals surface area contributed by atoms with Crippen LogP contribution in [0, 0.1) is 5.92 Å². The van der Waals surface area contributed by atoms with Crippen molar-refractivity contribution in [2.24, 2.45) is 5.92 Å². The van der Waals surface area contributed by atoms with Gasteiger partial charge in [0.2, 0.25) is 0 Å². The Hall–Kier alpha value is -1.64. The number of anilines is 1. The first-order valence-electron chi connectivity index (χ1n) is 10.8. The first-order chi connectivity index (χ1) is 13.9. The van der Waals surface area contributed by atoms with Gasteiger partial charge in [-0.15, -0.1) is 0 Å². The molecular weight excluding hydrogens is 388 g/mol. The van der Waals surface area contributed by atoms with Crippen molar-refractivity contribution in [2.75, 3.05) is 57.3 Å². The van der Waals surface area contributed by atoms with E-state index in [0.717, 1.165) is 31.8 Å². The van der Waals surface area contributed by atoms with Crippen LogP contribution in [0.1, 0.15) is 43.0 Å². The van der Waals surface area contributed by atoms with E-state index in [4.69, 9.17) is 0 Å². The molecule has 1 aromatic carbocycles. The zero-order chi connectivity index (χ0) is 20.4. The lowest BCUT2D eigenvalue weighted by atomic mass is 9.98. The summed E-state index contributed by atoms with van der Waals surface area (Å²) in [4.78, 5) is 17.0. The highest BCUT2D eigenvalue weighted by molar-refractivity contribution is 7.86. The summed E-state index contributed by atoms with van der Waals surface area (Å²) in [6, 6.07) is 7.89. The van der Waals surface area contributed by atoms with Crippen LogP contribution in [0.3, 0.4) is 0 Å². The Morgan fingerprint density at radius 2 is 1.38 bits per heavy atom. The third-order valence-electron chi connectivity index (χ3n) is 6.51. The van der Waals surface area contributed by atoms with Crippen LogP contribution >= 0.6 is 0 Å². The molecule has 1 aromatic rings. The Morgan fingerprint density at radius 3 is 1.97 bits per heavy atom. The number of carbonyl (C=O) groups excluding carboxylic acids is 1. The van der Waals surface area contributed by atoms with Gasteiger partial charge in [-0.1, -0.05) is 6.92 Å². The van der Waals surface area contributed by atoms with Gasteiger partial charge >= 0.3 is 0 Å². The van der Waals surface area contributed by atoms with Crippen molar-refractivity contribution in [3.8, 4) is 0 Å². The third-order valence-corrected chi connectivity index (χ3v) is 8.54. The largest absolute Gasteiger partial charge is 0.372 e. The molecule has 0 bridgehead atoms. The molecule has 0 N–H and O–H groups in total. The number of rotatable bonds is 4. The van der Waals surface area contributed by atoms with E-state index in [0.29, 0.717) is 44.8 Å². The van der Waals surface area contributed by atoms with Gasteiger partial charge in [0.25, 0.3) is 16.1 Å². The molecule has 3 saturated heterocycles. The van der Waals surface area contributed by atoms with Gasteiger partial charge in [-0.3, -0.25) is 4.79 Å². The second-order valence-corrected chi connectivity index (χ2v) is 10.5. The lowest BCUT2D eigenvalue weighted by Crippen LogP contribution is -2.53. The fourth-order valence-corrected chi connectivity index (χ4v) is 6.14. The van der Waals surface area contributed by atoms with Crippen molar-refractivity contribution >= 4 is 21.8 Å². The van der Waals surface area contributed by atoms with Crippen LogP contribution in [-0.4, -0.2) is 80.2 Å². The minimum absolute atomic E-state index is 0.0120. The van der Waals surface area contributed by atoms with Crippen molar-refractivity contribution in [2.45, 2.75) is 32.6 Å². The molecular formula is C21H32N4O3S. The molecule has 0 atom stereocenters. The van der Waals surface area contributed by atoms with Crippen molar-refractivity contribution in [3.63, 3.8) is 0 Å². The number of carbonyl (C=O) groups is 1.